The Labute approximate surface area is 136 Å². The Balaban J connectivity index is 2.00. The first-order valence-electron chi connectivity index (χ1n) is 7.82. The standard InChI is InChI=1S/C16H24N4O3/c1-10(2)18-16(22)20-13-6-4-3-5-12(13)19-15(21)14-8-7-11(9-17)23-14/h3-6,10-11,14H,7-9,17H2,1-2H3,(H,19,21)(H2,18,20,22)/t11-,14+/m1/s1. The van der Waals surface area contributed by atoms with E-state index in [2.05, 4.69) is 16.0 Å². The van der Waals surface area contributed by atoms with Crippen LogP contribution in [0.5, 0.6) is 0 Å². The number of nitrogens with two attached hydrogens (primary N) is 1. The van der Waals surface area contributed by atoms with Crippen molar-refractivity contribution < 1.29 is 14.3 Å². The number of amides is 3. The molecule has 7 heteroatoms. The van der Waals surface area contributed by atoms with Crippen LogP contribution in [-0.4, -0.2) is 36.7 Å². The minimum atomic E-state index is -0.499. The maximum Gasteiger partial charge on any atom is 0.319 e. The average Bonchev–Trinajstić information content (AvgIpc) is 2.97. The number of anilines is 2. The molecule has 1 aliphatic rings. The summed E-state index contributed by atoms with van der Waals surface area (Å²) in [4.78, 5) is 24.1. The number of nitrogens with one attached hydrogen (secondary N) is 3. The van der Waals surface area contributed by atoms with Gasteiger partial charge in [-0.15, -0.1) is 0 Å². The molecule has 126 valence electrons. The molecule has 0 saturated carbocycles. The van der Waals surface area contributed by atoms with Crippen LogP contribution in [-0.2, 0) is 9.53 Å². The first-order chi connectivity index (χ1) is 11.0. The van der Waals surface area contributed by atoms with Crippen LogP contribution in [0.1, 0.15) is 26.7 Å². The summed E-state index contributed by atoms with van der Waals surface area (Å²) in [5, 5.41) is 8.28. The fourth-order valence-corrected chi connectivity index (χ4v) is 2.41. The van der Waals surface area contributed by atoms with Crippen molar-refractivity contribution in [2.45, 2.75) is 44.9 Å². The molecule has 1 aromatic carbocycles. The van der Waals surface area contributed by atoms with Gasteiger partial charge in [-0.05, 0) is 38.8 Å². The van der Waals surface area contributed by atoms with Crippen LogP contribution in [0.3, 0.4) is 0 Å². The van der Waals surface area contributed by atoms with Gasteiger partial charge in [0.2, 0.25) is 0 Å². The Morgan fingerprint density at radius 1 is 1.22 bits per heavy atom. The average molecular weight is 320 g/mol. The molecule has 1 heterocycles. The molecule has 2 rings (SSSR count). The van der Waals surface area contributed by atoms with Gasteiger partial charge in [0.05, 0.1) is 17.5 Å². The molecule has 0 unspecified atom stereocenters. The summed E-state index contributed by atoms with van der Waals surface area (Å²) in [5.41, 5.74) is 6.63. The van der Waals surface area contributed by atoms with E-state index in [1.54, 1.807) is 24.3 Å². The van der Waals surface area contributed by atoms with Gasteiger partial charge in [-0.1, -0.05) is 12.1 Å². The fraction of sp³-hybridized carbons (Fsp3) is 0.500. The highest BCUT2D eigenvalue weighted by atomic mass is 16.5. The first-order valence-corrected chi connectivity index (χ1v) is 7.82. The van der Waals surface area contributed by atoms with Crippen LogP contribution in [0, 0.1) is 0 Å². The molecular weight excluding hydrogens is 296 g/mol. The van der Waals surface area contributed by atoms with E-state index in [0.29, 0.717) is 24.3 Å². The van der Waals surface area contributed by atoms with Crippen molar-refractivity contribution in [2.24, 2.45) is 5.73 Å². The van der Waals surface area contributed by atoms with E-state index >= 15 is 0 Å². The second kappa shape index (κ2) is 7.94. The lowest BCUT2D eigenvalue weighted by Crippen LogP contribution is -2.34. The molecule has 7 nitrogen and oxygen atoms in total. The van der Waals surface area contributed by atoms with Crippen molar-refractivity contribution >= 4 is 23.3 Å². The Hall–Kier alpha value is -2.12. The summed E-state index contributed by atoms with van der Waals surface area (Å²) >= 11 is 0. The van der Waals surface area contributed by atoms with E-state index in [-0.39, 0.29) is 24.1 Å². The highest BCUT2D eigenvalue weighted by Crippen LogP contribution is 2.24. The van der Waals surface area contributed by atoms with Crippen molar-refractivity contribution in [3.05, 3.63) is 24.3 Å². The first kappa shape index (κ1) is 17.2. The zero-order valence-electron chi connectivity index (χ0n) is 13.5. The number of rotatable bonds is 5. The quantitative estimate of drug-likeness (QED) is 0.662. The van der Waals surface area contributed by atoms with E-state index in [0.717, 1.165) is 6.42 Å². The summed E-state index contributed by atoms with van der Waals surface area (Å²) in [6, 6.07) is 6.75. The van der Waals surface area contributed by atoms with Gasteiger partial charge in [0, 0.05) is 12.6 Å². The summed E-state index contributed by atoms with van der Waals surface area (Å²) in [7, 11) is 0. The maximum atomic E-state index is 12.3. The predicted octanol–water partition coefficient (Wildman–Crippen LogP) is 1.66. The van der Waals surface area contributed by atoms with Gasteiger partial charge in [-0.25, -0.2) is 4.79 Å². The fourth-order valence-electron chi connectivity index (χ4n) is 2.41. The zero-order chi connectivity index (χ0) is 16.8. The van der Waals surface area contributed by atoms with Crippen LogP contribution >= 0.6 is 0 Å². The summed E-state index contributed by atoms with van der Waals surface area (Å²) in [6.45, 7) is 4.16. The van der Waals surface area contributed by atoms with Crippen molar-refractivity contribution in [2.75, 3.05) is 17.2 Å². The van der Waals surface area contributed by atoms with Crippen LogP contribution < -0.4 is 21.7 Å². The molecule has 0 bridgehead atoms. The summed E-state index contributed by atoms with van der Waals surface area (Å²) < 4.78 is 5.58. The predicted molar refractivity (Wildman–Crippen MR) is 89.3 cm³/mol. The molecule has 0 spiro atoms. The Kier molecular flexibility index (Phi) is 5.95. The Morgan fingerprint density at radius 3 is 2.43 bits per heavy atom. The third-order valence-corrected chi connectivity index (χ3v) is 3.52. The number of benzene rings is 1. The van der Waals surface area contributed by atoms with Crippen molar-refractivity contribution in [3.8, 4) is 0 Å². The second-order valence-electron chi connectivity index (χ2n) is 5.85. The molecule has 0 aliphatic carbocycles. The van der Waals surface area contributed by atoms with E-state index < -0.39 is 6.10 Å². The molecule has 2 atom stereocenters. The topological polar surface area (TPSA) is 105 Å². The van der Waals surface area contributed by atoms with Gasteiger partial charge in [0.1, 0.15) is 6.10 Å². The van der Waals surface area contributed by atoms with Gasteiger partial charge in [0.25, 0.3) is 5.91 Å². The molecule has 1 aliphatic heterocycles. The maximum absolute atomic E-state index is 12.3. The van der Waals surface area contributed by atoms with E-state index in [1.165, 1.54) is 0 Å². The van der Waals surface area contributed by atoms with Gasteiger partial charge in [-0.2, -0.15) is 0 Å². The Bertz CT molecular complexity index is 562. The minimum absolute atomic E-state index is 0.0249. The monoisotopic (exact) mass is 320 g/mol. The van der Waals surface area contributed by atoms with Crippen molar-refractivity contribution in [1.82, 2.24) is 5.32 Å². The van der Waals surface area contributed by atoms with E-state index in [4.69, 9.17) is 10.5 Å². The third-order valence-electron chi connectivity index (χ3n) is 3.52. The lowest BCUT2D eigenvalue weighted by molar-refractivity contribution is -0.126. The molecular formula is C16H24N4O3. The van der Waals surface area contributed by atoms with Crippen LogP contribution in [0.2, 0.25) is 0 Å². The largest absolute Gasteiger partial charge is 0.364 e. The molecule has 1 fully saturated rings. The number of carbonyl (C=O) groups excluding carboxylic acids is 2. The molecule has 3 amide bonds. The second-order valence-corrected chi connectivity index (χ2v) is 5.85. The molecule has 0 radical (unpaired) electrons. The van der Waals surface area contributed by atoms with Gasteiger partial charge >= 0.3 is 6.03 Å². The third kappa shape index (κ3) is 4.94. The van der Waals surface area contributed by atoms with Crippen LogP contribution in [0.4, 0.5) is 16.2 Å². The number of ether oxygens (including phenoxy) is 1. The van der Waals surface area contributed by atoms with E-state index in [9.17, 15) is 9.59 Å². The molecule has 5 N–H and O–H groups in total. The lowest BCUT2D eigenvalue weighted by Gasteiger charge is -2.16. The molecule has 0 aromatic heterocycles. The molecule has 1 aromatic rings. The normalized spacial score (nSPS) is 20.3. The molecule has 1 saturated heterocycles. The number of hydrogen-bond donors (Lipinski definition) is 4. The van der Waals surface area contributed by atoms with Crippen molar-refractivity contribution in [3.63, 3.8) is 0 Å². The van der Waals surface area contributed by atoms with Gasteiger partial charge in [-0.3, -0.25) is 4.79 Å². The van der Waals surface area contributed by atoms with Crippen molar-refractivity contribution in [1.29, 1.82) is 0 Å². The number of carbonyl (C=O) groups is 2. The van der Waals surface area contributed by atoms with Crippen LogP contribution in [0.25, 0.3) is 0 Å². The van der Waals surface area contributed by atoms with E-state index in [1.807, 2.05) is 13.8 Å². The Morgan fingerprint density at radius 2 is 1.87 bits per heavy atom. The number of para-hydroxylation sites is 2. The highest BCUT2D eigenvalue weighted by Gasteiger charge is 2.30. The minimum Gasteiger partial charge on any atom is -0.364 e. The summed E-state index contributed by atoms with van der Waals surface area (Å²) in [6.07, 6.45) is 0.875. The number of urea groups is 1. The SMILES string of the molecule is CC(C)NC(=O)Nc1ccccc1NC(=O)[C@@H]1CC[C@H](CN)O1. The zero-order valence-corrected chi connectivity index (χ0v) is 13.5. The highest BCUT2D eigenvalue weighted by molar-refractivity contribution is 6.00. The van der Waals surface area contributed by atoms with Gasteiger partial charge < -0.3 is 26.4 Å². The number of hydrogen-bond acceptors (Lipinski definition) is 4. The lowest BCUT2D eigenvalue weighted by atomic mass is 10.2. The van der Waals surface area contributed by atoms with Gasteiger partial charge in [0.15, 0.2) is 0 Å². The summed E-state index contributed by atoms with van der Waals surface area (Å²) in [5.74, 6) is -0.223. The van der Waals surface area contributed by atoms with Crippen LogP contribution in [0.15, 0.2) is 24.3 Å². The smallest absolute Gasteiger partial charge is 0.319 e. The molecule has 23 heavy (non-hydrogen) atoms.